The topological polar surface area (TPSA) is 40.6 Å². The van der Waals surface area contributed by atoms with Crippen molar-refractivity contribution in [2.75, 3.05) is 0 Å². The summed E-state index contributed by atoms with van der Waals surface area (Å²) in [6.45, 7) is 0.893. The number of rotatable bonds is 4. The highest BCUT2D eigenvalue weighted by molar-refractivity contribution is 5.61. The minimum absolute atomic E-state index is 0. The van der Waals surface area contributed by atoms with Crippen molar-refractivity contribution in [3.63, 3.8) is 0 Å². The van der Waals surface area contributed by atoms with E-state index in [1.54, 1.807) is 12.4 Å². The minimum atomic E-state index is 0. The zero-order valence-corrected chi connectivity index (χ0v) is 11.5. The van der Waals surface area contributed by atoms with Crippen LogP contribution in [0.5, 0.6) is 0 Å². The van der Waals surface area contributed by atoms with Crippen molar-refractivity contribution >= 4 is 0 Å². The molecule has 0 saturated heterocycles. The number of halogens is 1. The van der Waals surface area contributed by atoms with Crippen LogP contribution >= 0.6 is 0 Å². The lowest BCUT2D eigenvalue weighted by atomic mass is 10.1. The molecule has 0 bridgehead atoms. The molecule has 0 aliphatic rings. The summed E-state index contributed by atoms with van der Waals surface area (Å²) in [5, 5.41) is 8.47. The second-order valence-electron chi connectivity index (χ2n) is 3.82. The molecule has 0 fully saturated rings. The molecule has 18 heavy (non-hydrogen) atoms. The molecule has 0 spiro atoms. The van der Waals surface area contributed by atoms with E-state index in [0.29, 0.717) is 6.42 Å². The van der Waals surface area contributed by atoms with Gasteiger partial charge < -0.3 is 17.0 Å². The molecule has 3 nitrogen and oxygen atoms in total. The third-order valence-corrected chi connectivity index (χ3v) is 2.61. The van der Waals surface area contributed by atoms with E-state index >= 15 is 0 Å². The Morgan fingerprint density at radius 2 is 1.67 bits per heavy atom. The summed E-state index contributed by atoms with van der Waals surface area (Å²) in [7, 11) is 0. The summed E-state index contributed by atoms with van der Waals surface area (Å²) in [6, 6.07) is 10.3. The normalized spacial score (nSPS) is 9.28. The van der Waals surface area contributed by atoms with Crippen molar-refractivity contribution in [3.05, 3.63) is 49.1 Å². The number of aryl methyl sites for hydroxylation is 1. The molecule has 0 aliphatic carbocycles. The van der Waals surface area contributed by atoms with Crippen LogP contribution in [0.3, 0.4) is 0 Å². The van der Waals surface area contributed by atoms with Crippen LogP contribution in [0.15, 0.2) is 49.1 Å². The van der Waals surface area contributed by atoms with Crippen LogP contribution in [0.25, 0.3) is 11.1 Å². The van der Waals surface area contributed by atoms with Gasteiger partial charge in [-0.15, -0.1) is 0 Å². The largest absolute Gasteiger partial charge is 1.00 e. The van der Waals surface area contributed by atoms with Gasteiger partial charge in [-0.25, -0.2) is 4.57 Å². The zero-order chi connectivity index (χ0) is 11.9. The standard InChI is InChI=1S/C14H14N3.BrH/c15-7-1-2-10-17-11-5-14(6-12-17)13-3-8-16-9-4-13;/h3-6,8-9,11-12H,1-2,10H2;1H/q+1;/p-1. The van der Waals surface area contributed by atoms with E-state index in [9.17, 15) is 0 Å². The molecule has 0 saturated carbocycles. The molecule has 2 aromatic heterocycles. The summed E-state index contributed by atoms with van der Waals surface area (Å²) >= 11 is 0. The summed E-state index contributed by atoms with van der Waals surface area (Å²) in [4.78, 5) is 4.00. The summed E-state index contributed by atoms with van der Waals surface area (Å²) < 4.78 is 2.10. The highest BCUT2D eigenvalue weighted by atomic mass is 79.9. The first-order valence-electron chi connectivity index (χ1n) is 5.66. The van der Waals surface area contributed by atoms with Gasteiger partial charge in [0.2, 0.25) is 0 Å². The molecule has 4 heteroatoms. The zero-order valence-electron chi connectivity index (χ0n) is 9.96. The number of hydrogen-bond donors (Lipinski definition) is 0. The lowest BCUT2D eigenvalue weighted by molar-refractivity contribution is -0.697. The maximum absolute atomic E-state index is 8.47. The van der Waals surface area contributed by atoms with Gasteiger partial charge in [-0.1, -0.05) is 0 Å². The highest BCUT2D eigenvalue weighted by Gasteiger charge is 2.02. The van der Waals surface area contributed by atoms with Gasteiger partial charge in [-0.2, -0.15) is 5.26 Å². The van der Waals surface area contributed by atoms with Crippen LogP contribution in [0, 0.1) is 11.3 Å². The predicted molar refractivity (Wildman–Crippen MR) is 64.7 cm³/mol. The Labute approximate surface area is 118 Å². The van der Waals surface area contributed by atoms with Crippen molar-refractivity contribution in [1.29, 1.82) is 5.26 Å². The van der Waals surface area contributed by atoms with Gasteiger partial charge >= 0.3 is 0 Å². The molecule has 0 aliphatic heterocycles. The third-order valence-electron chi connectivity index (χ3n) is 2.61. The summed E-state index contributed by atoms with van der Waals surface area (Å²) in [5.74, 6) is 0. The Hall–Kier alpha value is -1.73. The van der Waals surface area contributed by atoms with Gasteiger partial charge in [0.1, 0.15) is 6.54 Å². The molecule has 0 aromatic carbocycles. The number of hydrogen-bond acceptors (Lipinski definition) is 2. The van der Waals surface area contributed by atoms with Crippen molar-refractivity contribution < 1.29 is 21.5 Å². The van der Waals surface area contributed by atoms with Crippen molar-refractivity contribution in [1.82, 2.24) is 4.98 Å². The number of nitriles is 1. The van der Waals surface area contributed by atoms with Gasteiger partial charge in [-0.05, 0) is 23.3 Å². The summed E-state index contributed by atoms with van der Waals surface area (Å²) in [5.41, 5.74) is 2.35. The van der Waals surface area contributed by atoms with E-state index < -0.39 is 0 Å². The van der Waals surface area contributed by atoms with Crippen molar-refractivity contribution in [2.24, 2.45) is 0 Å². The van der Waals surface area contributed by atoms with E-state index in [1.807, 2.05) is 24.5 Å². The van der Waals surface area contributed by atoms with Crippen LogP contribution < -0.4 is 21.5 Å². The molecule has 0 N–H and O–H groups in total. The van der Waals surface area contributed by atoms with E-state index in [0.717, 1.165) is 13.0 Å². The molecule has 0 unspecified atom stereocenters. The van der Waals surface area contributed by atoms with Crippen LogP contribution in [-0.2, 0) is 6.54 Å². The number of nitrogens with zero attached hydrogens (tertiary/aromatic N) is 3. The lowest BCUT2D eigenvalue weighted by Crippen LogP contribution is -3.00. The smallest absolute Gasteiger partial charge is 0.169 e. The van der Waals surface area contributed by atoms with Gasteiger partial charge in [0, 0.05) is 37.4 Å². The SMILES string of the molecule is N#CCCC[n+]1ccc(-c2ccncc2)cc1.[Br-]. The number of pyridine rings is 2. The van der Waals surface area contributed by atoms with E-state index in [-0.39, 0.29) is 17.0 Å². The van der Waals surface area contributed by atoms with E-state index in [1.165, 1.54) is 11.1 Å². The van der Waals surface area contributed by atoms with Gasteiger partial charge in [0.15, 0.2) is 12.4 Å². The quantitative estimate of drug-likeness (QED) is 0.556. The molecular formula is C14H14BrN3. The average molecular weight is 304 g/mol. The first-order valence-corrected chi connectivity index (χ1v) is 5.66. The Morgan fingerprint density at radius 1 is 1.06 bits per heavy atom. The number of unbranched alkanes of at least 4 members (excludes halogenated alkanes) is 1. The van der Waals surface area contributed by atoms with Crippen molar-refractivity contribution in [3.8, 4) is 17.2 Å². The maximum atomic E-state index is 8.47. The van der Waals surface area contributed by atoms with Crippen LogP contribution in [-0.4, -0.2) is 4.98 Å². The lowest BCUT2D eigenvalue weighted by Gasteiger charge is -1.99. The first kappa shape index (κ1) is 14.3. The molecule has 2 rings (SSSR count). The average Bonchev–Trinajstić information content (AvgIpc) is 2.41. The first-order chi connectivity index (χ1) is 8.40. The maximum Gasteiger partial charge on any atom is 0.169 e. The predicted octanol–water partition coefficient (Wildman–Crippen LogP) is -0.656. The fourth-order valence-electron chi connectivity index (χ4n) is 1.68. The van der Waals surface area contributed by atoms with Gasteiger partial charge in [-0.3, -0.25) is 4.98 Å². The number of aromatic nitrogens is 2. The van der Waals surface area contributed by atoms with Crippen LogP contribution in [0.1, 0.15) is 12.8 Å². The molecule has 2 aromatic rings. The fourth-order valence-corrected chi connectivity index (χ4v) is 1.68. The van der Waals surface area contributed by atoms with Gasteiger partial charge in [0.25, 0.3) is 0 Å². The van der Waals surface area contributed by atoms with Crippen LogP contribution in [0.2, 0.25) is 0 Å². The summed E-state index contributed by atoms with van der Waals surface area (Å²) in [6.07, 6.45) is 9.20. The molecule has 2 heterocycles. The van der Waals surface area contributed by atoms with Gasteiger partial charge in [0.05, 0.1) is 6.07 Å². The Morgan fingerprint density at radius 3 is 2.28 bits per heavy atom. The Kier molecular flexibility index (Phi) is 6.03. The van der Waals surface area contributed by atoms with Crippen LogP contribution in [0.4, 0.5) is 0 Å². The molecule has 0 amide bonds. The second kappa shape index (κ2) is 7.57. The van der Waals surface area contributed by atoms with E-state index in [2.05, 4.69) is 27.8 Å². The fraction of sp³-hybridized carbons (Fsp3) is 0.214. The third kappa shape index (κ3) is 3.94. The van der Waals surface area contributed by atoms with Crippen molar-refractivity contribution in [2.45, 2.75) is 19.4 Å². The monoisotopic (exact) mass is 303 g/mol. The molecule has 0 radical (unpaired) electrons. The molecule has 92 valence electrons. The second-order valence-corrected chi connectivity index (χ2v) is 3.82. The highest BCUT2D eigenvalue weighted by Crippen LogP contribution is 2.15. The Balaban J connectivity index is 0.00000162. The van der Waals surface area contributed by atoms with E-state index in [4.69, 9.17) is 5.26 Å². The molecule has 0 atom stereocenters. The Bertz CT molecular complexity index is 503. The molecular weight excluding hydrogens is 290 g/mol. The minimum Gasteiger partial charge on any atom is -1.00 e.